The molecule has 5 unspecified atom stereocenters. The molecule has 4 saturated carbocycles. The Morgan fingerprint density at radius 1 is 0.956 bits per heavy atom. The predicted molar refractivity (Wildman–Crippen MR) is 180 cm³/mol. The van der Waals surface area contributed by atoms with Crippen LogP contribution in [0.1, 0.15) is 118 Å². The van der Waals surface area contributed by atoms with Gasteiger partial charge in [-0.25, -0.2) is 4.18 Å². The summed E-state index contributed by atoms with van der Waals surface area (Å²) in [7, 11) is -4.68. The average molecular weight is 658 g/mol. The van der Waals surface area contributed by atoms with Crippen molar-refractivity contribution in [2.24, 2.45) is 58.0 Å². The van der Waals surface area contributed by atoms with E-state index in [0.717, 1.165) is 71.1 Å². The van der Waals surface area contributed by atoms with Gasteiger partial charge in [0.2, 0.25) is 0 Å². The Labute approximate surface area is 274 Å². The second kappa shape index (κ2) is 15.5. The molecule has 264 valence electrons. The fourth-order valence-corrected chi connectivity index (χ4v) is 11.8. The van der Waals surface area contributed by atoms with Gasteiger partial charge in [-0.15, -0.1) is 0 Å². The Balaban J connectivity index is 1.35. The third kappa shape index (κ3) is 8.28. The molecule has 0 saturated heterocycles. The number of rotatable bonds is 17. The molecule has 4 aliphatic rings. The van der Waals surface area contributed by atoms with Crippen molar-refractivity contribution in [2.45, 2.75) is 136 Å². The van der Waals surface area contributed by atoms with Gasteiger partial charge in [0.25, 0.3) is 0 Å². The normalized spacial score (nSPS) is 38.8. The van der Waals surface area contributed by atoms with Gasteiger partial charge in [-0.1, -0.05) is 34.6 Å². The second-order valence-corrected chi connectivity index (χ2v) is 17.5. The first-order chi connectivity index (χ1) is 21.2. The summed E-state index contributed by atoms with van der Waals surface area (Å²) in [5.41, 5.74) is 4.70. The molecule has 9 nitrogen and oxygen atoms in total. The molecule has 0 heterocycles. The van der Waals surface area contributed by atoms with E-state index >= 15 is 0 Å². The number of nitrogens with two attached hydrogens (primary N) is 1. The van der Waals surface area contributed by atoms with Crippen LogP contribution in [-0.2, 0) is 14.6 Å². The summed E-state index contributed by atoms with van der Waals surface area (Å²) in [6, 6.07) is 0.552. The Morgan fingerprint density at radius 3 is 2.31 bits per heavy atom. The largest absolute Gasteiger partial charge is 0.397 e. The summed E-state index contributed by atoms with van der Waals surface area (Å²) < 4.78 is 37.9. The van der Waals surface area contributed by atoms with Gasteiger partial charge in [-0.3, -0.25) is 4.55 Å². The molecule has 7 N–H and O–H groups in total. The SMILES string of the molecule is CC(C)C(CO)(CC[C@@H](C)C1CCC2C3C(CC[C@@]21C)[C@@]1(C)CC[C@H](NCCCNCCCCN)C[C@@H]1C[C@H]3O)OS(=O)(=O)O. The Bertz CT molecular complexity index is 1050. The van der Waals surface area contributed by atoms with Crippen molar-refractivity contribution in [1.82, 2.24) is 10.6 Å². The van der Waals surface area contributed by atoms with Crippen LogP contribution in [0.25, 0.3) is 0 Å². The van der Waals surface area contributed by atoms with Gasteiger partial charge in [-0.05, 0) is 162 Å². The minimum absolute atomic E-state index is 0.144. The molecule has 0 aromatic carbocycles. The van der Waals surface area contributed by atoms with Gasteiger partial charge in [0.05, 0.1) is 12.7 Å². The zero-order chi connectivity index (χ0) is 33.0. The summed E-state index contributed by atoms with van der Waals surface area (Å²) >= 11 is 0. The van der Waals surface area contributed by atoms with Crippen molar-refractivity contribution >= 4 is 10.4 Å². The van der Waals surface area contributed by atoms with E-state index in [9.17, 15) is 23.2 Å². The maximum Gasteiger partial charge on any atom is 0.397 e. The first-order valence-electron chi connectivity index (χ1n) is 18.3. The minimum atomic E-state index is -4.68. The highest BCUT2D eigenvalue weighted by molar-refractivity contribution is 7.80. The van der Waals surface area contributed by atoms with Crippen molar-refractivity contribution in [3.63, 3.8) is 0 Å². The van der Waals surface area contributed by atoms with E-state index in [-0.39, 0.29) is 17.4 Å². The van der Waals surface area contributed by atoms with E-state index in [4.69, 9.17) is 9.92 Å². The molecule has 0 amide bonds. The Kier molecular flexibility index (Phi) is 12.9. The summed E-state index contributed by atoms with van der Waals surface area (Å²) in [5, 5.41) is 29.4. The van der Waals surface area contributed by atoms with E-state index < -0.39 is 22.6 Å². The van der Waals surface area contributed by atoms with Gasteiger partial charge in [-0.2, -0.15) is 8.42 Å². The topological polar surface area (TPSA) is 154 Å². The molecule has 0 radical (unpaired) electrons. The van der Waals surface area contributed by atoms with Crippen molar-refractivity contribution < 1.29 is 27.4 Å². The molecule has 4 aliphatic carbocycles. The van der Waals surface area contributed by atoms with Crippen molar-refractivity contribution in [3.8, 4) is 0 Å². The zero-order valence-corrected chi connectivity index (χ0v) is 29.8. The highest BCUT2D eigenvalue weighted by atomic mass is 32.3. The van der Waals surface area contributed by atoms with E-state index in [2.05, 4.69) is 31.4 Å². The number of aliphatic hydroxyl groups excluding tert-OH is 2. The molecular formula is C35H67N3O6S. The van der Waals surface area contributed by atoms with Gasteiger partial charge in [0, 0.05) is 6.04 Å². The number of hydrogen-bond donors (Lipinski definition) is 6. The van der Waals surface area contributed by atoms with Gasteiger partial charge >= 0.3 is 10.4 Å². The van der Waals surface area contributed by atoms with E-state index in [0.29, 0.717) is 53.4 Å². The molecule has 0 bridgehead atoms. The fourth-order valence-electron chi connectivity index (χ4n) is 11.0. The highest BCUT2D eigenvalue weighted by Gasteiger charge is 2.63. The Hall–Kier alpha value is -0.330. The van der Waals surface area contributed by atoms with E-state index in [1.54, 1.807) is 0 Å². The fraction of sp³-hybridized carbons (Fsp3) is 1.00. The zero-order valence-electron chi connectivity index (χ0n) is 29.0. The van der Waals surface area contributed by atoms with Crippen molar-refractivity contribution in [3.05, 3.63) is 0 Å². The quantitative estimate of drug-likeness (QED) is 0.0946. The molecule has 10 heteroatoms. The maximum atomic E-state index is 11.8. The number of unbranched alkanes of at least 4 members (excludes halogenated alkanes) is 1. The lowest BCUT2D eigenvalue weighted by Gasteiger charge is -2.62. The standard InChI is InChI=1S/C35H67N3O6S/c1-24(2)35(23-39,44-45(41,42)43)16-11-25(3)28-9-10-29-32-30(13-15-34(28,29)5)33(4)14-12-27(21-26(33)22-31(32)40)38-20-8-19-37-18-7-6-17-36/h24-32,37-40H,6-23,36H2,1-5H3,(H,41,42,43)/t25-,26-,27+,28?,29?,30?,31-,32?,33+,34-,35?/m1/s1. The molecule has 0 aromatic heterocycles. The van der Waals surface area contributed by atoms with Gasteiger partial charge in [0.15, 0.2) is 0 Å². The Morgan fingerprint density at radius 2 is 1.64 bits per heavy atom. The molecular weight excluding hydrogens is 590 g/mol. The second-order valence-electron chi connectivity index (χ2n) is 16.5. The smallest absolute Gasteiger partial charge is 0.393 e. The molecule has 45 heavy (non-hydrogen) atoms. The summed E-state index contributed by atoms with van der Waals surface area (Å²) in [6.45, 7) is 14.4. The maximum absolute atomic E-state index is 11.8. The first kappa shape index (κ1) is 37.5. The lowest BCUT2D eigenvalue weighted by molar-refractivity contribution is -0.167. The van der Waals surface area contributed by atoms with E-state index in [1.807, 2.05) is 13.8 Å². The number of aliphatic hydroxyl groups is 2. The van der Waals surface area contributed by atoms with Crippen LogP contribution in [0.5, 0.6) is 0 Å². The van der Waals surface area contributed by atoms with Crippen LogP contribution in [-0.4, -0.2) is 73.7 Å². The molecule has 0 aromatic rings. The van der Waals surface area contributed by atoms with Crippen LogP contribution in [0.3, 0.4) is 0 Å². The predicted octanol–water partition coefficient (Wildman–Crippen LogP) is 4.92. The number of fused-ring (bicyclic) bond motifs is 5. The van der Waals surface area contributed by atoms with E-state index in [1.165, 1.54) is 32.1 Å². The van der Waals surface area contributed by atoms with Gasteiger partial charge < -0.3 is 26.6 Å². The molecule has 11 atom stereocenters. The molecule has 4 rings (SSSR count). The van der Waals surface area contributed by atoms with Crippen molar-refractivity contribution in [2.75, 3.05) is 32.8 Å². The average Bonchev–Trinajstić information content (AvgIpc) is 3.33. The summed E-state index contributed by atoms with van der Waals surface area (Å²) in [4.78, 5) is 0. The van der Waals surface area contributed by atoms with Crippen LogP contribution < -0.4 is 16.4 Å². The van der Waals surface area contributed by atoms with Crippen LogP contribution in [0, 0.1) is 52.3 Å². The number of nitrogens with one attached hydrogen (secondary N) is 2. The lowest BCUT2D eigenvalue weighted by Crippen LogP contribution is -2.59. The monoisotopic (exact) mass is 657 g/mol. The minimum Gasteiger partial charge on any atom is -0.393 e. The third-order valence-corrected chi connectivity index (χ3v) is 14.4. The summed E-state index contributed by atoms with van der Waals surface area (Å²) in [5.74, 6) is 2.52. The molecule has 0 aliphatic heterocycles. The molecule has 0 spiro atoms. The highest BCUT2D eigenvalue weighted by Crippen LogP contribution is 2.68. The third-order valence-electron chi connectivity index (χ3n) is 13.8. The molecule has 4 fully saturated rings. The lowest BCUT2D eigenvalue weighted by atomic mass is 9.43. The number of hydrogen-bond acceptors (Lipinski definition) is 8. The van der Waals surface area contributed by atoms with Crippen LogP contribution in [0.2, 0.25) is 0 Å². The summed E-state index contributed by atoms with van der Waals surface area (Å²) in [6.07, 6.45) is 13.4. The van der Waals surface area contributed by atoms with Crippen molar-refractivity contribution in [1.29, 1.82) is 0 Å². The first-order valence-corrected chi connectivity index (χ1v) is 19.7. The van der Waals surface area contributed by atoms with Crippen LogP contribution >= 0.6 is 0 Å². The van der Waals surface area contributed by atoms with Crippen LogP contribution in [0.15, 0.2) is 0 Å². The van der Waals surface area contributed by atoms with Crippen LogP contribution in [0.4, 0.5) is 0 Å². The van der Waals surface area contributed by atoms with Gasteiger partial charge in [0.1, 0.15) is 5.60 Å².